The lowest BCUT2D eigenvalue weighted by atomic mass is 10.0. The lowest BCUT2D eigenvalue weighted by Crippen LogP contribution is -2.58. The molecule has 0 spiro atoms. The van der Waals surface area contributed by atoms with Gasteiger partial charge in [0.25, 0.3) is 0 Å². The Kier molecular flexibility index (Phi) is 13.4. The number of guanidine groups is 1. The predicted molar refractivity (Wildman–Crippen MR) is 152 cm³/mol. The van der Waals surface area contributed by atoms with Crippen molar-refractivity contribution in [2.45, 2.75) is 62.7 Å². The summed E-state index contributed by atoms with van der Waals surface area (Å²) in [5.41, 5.74) is 23.2. The molecule has 2 rings (SSSR count). The fraction of sp³-hybridized carbons (Fsp3) is 0.423. The van der Waals surface area contributed by atoms with Gasteiger partial charge in [-0.1, -0.05) is 30.3 Å². The number of aliphatic carboxylic acids is 1. The van der Waals surface area contributed by atoms with Crippen molar-refractivity contribution >= 4 is 35.6 Å². The molecule has 1 aromatic heterocycles. The molecular formula is C26H38N10O6. The molecule has 16 nitrogen and oxygen atoms in total. The highest BCUT2D eigenvalue weighted by molar-refractivity contribution is 5.94. The quantitative estimate of drug-likeness (QED) is 0.0498. The number of nitrogens with two attached hydrogens (primary N) is 4. The maximum Gasteiger partial charge on any atom is 0.326 e. The van der Waals surface area contributed by atoms with Crippen molar-refractivity contribution in [1.82, 2.24) is 25.9 Å². The molecule has 228 valence electrons. The van der Waals surface area contributed by atoms with Crippen molar-refractivity contribution in [3.63, 3.8) is 0 Å². The molecular weight excluding hydrogens is 548 g/mol. The topological polar surface area (TPSA) is 287 Å². The molecule has 0 aliphatic heterocycles. The van der Waals surface area contributed by atoms with E-state index in [2.05, 4.69) is 30.9 Å². The van der Waals surface area contributed by atoms with Gasteiger partial charge < -0.3 is 49.0 Å². The summed E-state index contributed by atoms with van der Waals surface area (Å²) < 4.78 is 0. The van der Waals surface area contributed by atoms with Crippen LogP contribution in [-0.4, -0.2) is 81.3 Å². The maximum absolute atomic E-state index is 13.3. The molecule has 0 aliphatic rings. The molecule has 2 aromatic rings. The van der Waals surface area contributed by atoms with Crippen LogP contribution in [0, 0.1) is 0 Å². The summed E-state index contributed by atoms with van der Waals surface area (Å²) >= 11 is 0. The van der Waals surface area contributed by atoms with Crippen molar-refractivity contribution in [3.8, 4) is 0 Å². The van der Waals surface area contributed by atoms with E-state index in [1.807, 2.05) is 6.07 Å². The van der Waals surface area contributed by atoms with Crippen molar-refractivity contribution < 1.29 is 29.1 Å². The first-order valence-corrected chi connectivity index (χ1v) is 13.2. The van der Waals surface area contributed by atoms with E-state index in [1.54, 1.807) is 24.3 Å². The second-order valence-corrected chi connectivity index (χ2v) is 9.55. The first-order valence-electron chi connectivity index (χ1n) is 13.2. The third-order valence-corrected chi connectivity index (χ3v) is 6.12. The van der Waals surface area contributed by atoms with Crippen LogP contribution in [0.1, 0.15) is 36.9 Å². The number of hydrogen-bond donors (Lipinski definition) is 9. The molecule has 1 aromatic carbocycles. The minimum Gasteiger partial charge on any atom is -0.480 e. The number of benzene rings is 1. The minimum absolute atomic E-state index is 0.0131. The van der Waals surface area contributed by atoms with Gasteiger partial charge in [0.05, 0.1) is 12.4 Å². The molecule has 4 unspecified atom stereocenters. The van der Waals surface area contributed by atoms with Crippen LogP contribution in [0.4, 0.5) is 0 Å². The number of carbonyl (C=O) groups is 5. The van der Waals surface area contributed by atoms with E-state index in [0.29, 0.717) is 5.69 Å². The molecule has 0 aliphatic carbocycles. The number of aliphatic imine (C=N–C) groups is 1. The summed E-state index contributed by atoms with van der Waals surface area (Å²) in [5, 5.41) is 17.1. The highest BCUT2D eigenvalue weighted by atomic mass is 16.4. The van der Waals surface area contributed by atoms with Gasteiger partial charge in [-0.05, 0) is 31.2 Å². The van der Waals surface area contributed by atoms with Gasteiger partial charge in [0.15, 0.2) is 5.96 Å². The number of aromatic amines is 1. The van der Waals surface area contributed by atoms with Crippen LogP contribution in [-0.2, 0) is 36.8 Å². The van der Waals surface area contributed by atoms with Crippen LogP contribution in [0.15, 0.2) is 47.8 Å². The fourth-order valence-electron chi connectivity index (χ4n) is 3.93. The summed E-state index contributed by atoms with van der Waals surface area (Å²) in [5.74, 6) is -4.38. The van der Waals surface area contributed by atoms with Gasteiger partial charge in [0.2, 0.25) is 23.6 Å². The van der Waals surface area contributed by atoms with Gasteiger partial charge in [-0.3, -0.25) is 24.2 Å². The maximum atomic E-state index is 13.3. The van der Waals surface area contributed by atoms with Gasteiger partial charge in [-0.2, -0.15) is 0 Å². The molecule has 4 atom stereocenters. The predicted octanol–water partition coefficient (Wildman–Crippen LogP) is -2.62. The third kappa shape index (κ3) is 12.0. The number of primary amides is 1. The summed E-state index contributed by atoms with van der Waals surface area (Å²) in [4.78, 5) is 73.2. The molecule has 4 amide bonds. The van der Waals surface area contributed by atoms with Gasteiger partial charge in [-0.15, -0.1) is 0 Å². The van der Waals surface area contributed by atoms with Crippen molar-refractivity contribution in [3.05, 3.63) is 54.1 Å². The van der Waals surface area contributed by atoms with E-state index in [9.17, 15) is 29.1 Å². The van der Waals surface area contributed by atoms with E-state index in [0.717, 1.165) is 5.56 Å². The number of amides is 4. The Balaban J connectivity index is 2.16. The van der Waals surface area contributed by atoms with Crippen molar-refractivity contribution in [1.29, 1.82) is 0 Å². The van der Waals surface area contributed by atoms with Crippen molar-refractivity contribution in [2.75, 3.05) is 6.54 Å². The van der Waals surface area contributed by atoms with Crippen LogP contribution in [0.2, 0.25) is 0 Å². The van der Waals surface area contributed by atoms with Crippen LogP contribution in [0.5, 0.6) is 0 Å². The highest BCUT2D eigenvalue weighted by Crippen LogP contribution is 2.07. The average molecular weight is 587 g/mol. The molecule has 0 bridgehead atoms. The van der Waals surface area contributed by atoms with E-state index in [1.165, 1.54) is 12.5 Å². The number of nitrogens with one attached hydrogen (secondary N) is 4. The number of carboxylic acids is 1. The molecule has 42 heavy (non-hydrogen) atoms. The number of rotatable bonds is 18. The second-order valence-electron chi connectivity index (χ2n) is 9.55. The Hall–Kier alpha value is -4.99. The lowest BCUT2D eigenvalue weighted by Gasteiger charge is -2.25. The van der Waals surface area contributed by atoms with E-state index in [4.69, 9.17) is 22.9 Å². The standard InChI is InChI=1S/C26H38N10O6/c27-17(11-15-5-2-1-3-6-15)22(38)34-18(8-9-21(28)37)23(39)36-20(12-16-13-31-14-33-16)24(40)35-19(25(41)42)7-4-10-32-26(29)30/h1-3,5-6,13-14,17-20H,4,7-12,27H2,(H2,28,37)(H,31,33)(H,34,38)(H,35,40)(H,36,39)(H,41,42)(H4,29,30,32). The number of hydrogen-bond acceptors (Lipinski definition) is 8. The number of carboxylic acid groups (broad SMARTS) is 1. The Labute approximate surface area is 242 Å². The monoisotopic (exact) mass is 586 g/mol. The Morgan fingerprint density at radius 1 is 0.881 bits per heavy atom. The SMILES string of the molecule is NC(=O)CCC(NC(=O)C(N)Cc1ccccc1)C(=O)NC(Cc1cnc[nH]1)C(=O)NC(CCCN=C(N)N)C(=O)O. The molecule has 0 fully saturated rings. The molecule has 16 heteroatoms. The van der Waals surface area contributed by atoms with Crippen LogP contribution in [0.25, 0.3) is 0 Å². The molecule has 13 N–H and O–H groups in total. The molecule has 0 saturated carbocycles. The highest BCUT2D eigenvalue weighted by Gasteiger charge is 2.31. The summed E-state index contributed by atoms with van der Waals surface area (Å²) in [7, 11) is 0. The van der Waals surface area contributed by atoms with Gasteiger partial charge in [0, 0.05) is 31.3 Å². The summed E-state index contributed by atoms with van der Waals surface area (Å²) in [6.45, 7) is 0.157. The Bertz CT molecular complexity index is 1220. The van der Waals surface area contributed by atoms with Gasteiger partial charge in [-0.25, -0.2) is 9.78 Å². The molecule has 0 saturated heterocycles. The number of nitrogens with zero attached hydrogens (tertiary/aromatic N) is 2. The molecule has 1 heterocycles. The number of H-pyrrole nitrogens is 1. The molecule has 0 radical (unpaired) electrons. The number of imidazole rings is 1. The normalized spacial score (nSPS) is 13.5. The number of carbonyl (C=O) groups excluding carboxylic acids is 4. The largest absolute Gasteiger partial charge is 0.480 e. The first-order chi connectivity index (χ1) is 20.0. The summed E-state index contributed by atoms with van der Waals surface area (Å²) in [6.07, 6.45) is 2.80. The Morgan fingerprint density at radius 3 is 2.12 bits per heavy atom. The minimum atomic E-state index is -1.30. The first kappa shape index (κ1) is 33.2. The van der Waals surface area contributed by atoms with Crippen LogP contribution >= 0.6 is 0 Å². The summed E-state index contributed by atoms with van der Waals surface area (Å²) in [6, 6.07) is 4.18. The lowest BCUT2D eigenvalue weighted by molar-refractivity contribution is -0.142. The number of aromatic nitrogens is 2. The zero-order valence-electron chi connectivity index (χ0n) is 23.0. The van der Waals surface area contributed by atoms with Gasteiger partial charge in [0.1, 0.15) is 18.1 Å². The fourth-order valence-corrected chi connectivity index (χ4v) is 3.93. The van der Waals surface area contributed by atoms with E-state index in [-0.39, 0.29) is 51.0 Å². The van der Waals surface area contributed by atoms with Crippen LogP contribution < -0.4 is 38.9 Å². The van der Waals surface area contributed by atoms with Gasteiger partial charge >= 0.3 is 5.97 Å². The average Bonchev–Trinajstić information content (AvgIpc) is 3.45. The smallest absolute Gasteiger partial charge is 0.326 e. The van der Waals surface area contributed by atoms with Crippen LogP contribution in [0.3, 0.4) is 0 Å². The third-order valence-electron chi connectivity index (χ3n) is 6.12. The van der Waals surface area contributed by atoms with E-state index < -0.39 is 53.8 Å². The van der Waals surface area contributed by atoms with Crippen molar-refractivity contribution in [2.24, 2.45) is 27.9 Å². The zero-order valence-corrected chi connectivity index (χ0v) is 23.0. The zero-order chi connectivity index (χ0) is 31.1. The second kappa shape index (κ2) is 17.0. The Morgan fingerprint density at radius 2 is 1.52 bits per heavy atom. The van der Waals surface area contributed by atoms with E-state index >= 15 is 0 Å².